The van der Waals surface area contributed by atoms with Crippen molar-refractivity contribution in [1.82, 2.24) is 15.5 Å². The van der Waals surface area contributed by atoms with Crippen LogP contribution in [0.2, 0.25) is 0 Å². The highest BCUT2D eigenvalue weighted by atomic mass is 16.6. The number of hydrogen-bond donors (Lipinski definition) is 2. The zero-order chi connectivity index (χ0) is 26.4. The largest absolute Gasteiger partial charge is 0.444 e. The molecule has 0 aliphatic carbocycles. The van der Waals surface area contributed by atoms with Gasteiger partial charge in [0.15, 0.2) is 0 Å². The van der Waals surface area contributed by atoms with E-state index in [4.69, 9.17) is 11.2 Å². The molecule has 1 aromatic carbocycles. The van der Waals surface area contributed by atoms with E-state index in [-0.39, 0.29) is 11.8 Å². The fourth-order valence-electron chi connectivity index (χ4n) is 3.67. The number of nitrogens with zero attached hydrogens (tertiary/aromatic N) is 1. The molecule has 194 valence electrons. The van der Waals surface area contributed by atoms with Crippen molar-refractivity contribution < 1.29 is 19.1 Å². The predicted octanol–water partition coefficient (Wildman–Crippen LogP) is 4.95. The summed E-state index contributed by atoms with van der Waals surface area (Å²) in [4.78, 5) is 41.0. The quantitative estimate of drug-likeness (QED) is 0.306. The third kappa shape index (κ3) is 10.4. The Morgan fingerprint density at radius 2 is 1.71 bits per heavy atom. The number of alkyl carbamates (subject to hydrolysis) is 1. The van der Waals surface area contributed by atoms with Gasteiger partial charge < -0.3 is 20.3 Å². The van der Waals surface area contributed by atoms with Crippen LogP contribution in [0.25, 0.3) is 0 Å². The van der Waals surface area contributed by atoms with E-state index >= 15 is 0 Å². The summed E-state index contributed by atoms with van der Waals surface area (Å²) >= 11 is 0. The first kappa shape index (κ1) is 30.0. The molecule has 0 spiro atoms. The number of carbonyl (C=O) groups excluding carboxylic acids is 3. The minimum absolute atomic E-state index is 0.283. The lowest BCUT2D eigenvalue weighted by atomic mass is 9.97. The summed E-state index contributed by atoms with van der Waals surface area (Å²) in [6, 6.07) is 5.38. The van der Waals surface area contributed by atoms with Crippen LogP contribution in [-0.2, 0) is 14.3 Å². The molecule has 0 aliphatic rings. The van der Waals surface area contributed by atoms with Crippen molar-refractivity contribution >= 4 is 17.9 Å². The monoisotopic (exact) mass is 485 g/mol. The second kappa shape index (κ2) is 15.1. The SMILES string of the molecule is C#Cc1ccccc1C(C(=O)NCCCC)N(CCCCCC)C(=O)C(C)NC(=O)OC(C)(C)C. The molecule has 1 aromatic rings. The lowest BCUT2D eigenvalue weighted by molar-refractivity contribution is -0.142. The Morgan fingerprint density at radius 3 is 2.31 bits per heavy atom. The minimum atomic E-state index is -0.906. The van der Waals surface area contributed by atoms with Gasteiger partial charge in [0, 0.05) is 18.7 Å². The Labute approximate surface area is 211 Å². The second-order valence-corrected chi connectivity index (χ2v) is 9.74. The van der Waals surface area contributed by atoms with E-state index in [1.165, 1.54) is 0 Å². The normalized spacial score (nSPS) is 12.7. The molecule has 35 heavy (non-hydrogen) atoms. The summed E-state index contributed by atoms with van der Waals surface area (Å²) in [6.07, 6.45) is 10.6. The summed E-state index contributed by atoms with van der Waals surface area (Å²) in [5.41, 5.74) is 0.458. The van der Waals surface area contributed by atoms with Gasteiger partial charge in [0.1, 0.15) is 17.7 Å². The average Bonchev–Trinajstić information content (AvgIpc) is 2.79. The van der Waals surface area contributed by atoms with E-state index in [0.717, 1.165) is 38.5 Å². The van der Waals surface area contributed by atoms with Crippen LogP contribution in [0.4, 0.5) is 4.79 Å². The Balaban J connectivity index is 3.34. The topological polar surface area (TPSA) is 87.7 Å². The summed E-state index contributed by atoms with van der Waals surface area (Å²) < 4.78 is 5.32. The number of nitrogens with one attached hydrogen (secondary N) is 2. The van der Waals surface area contributed by atoms with Crippen LogP contribution < -0.4 is 10.6 Å². The maximum absolute atomic E-state index is 13.7. The average molecular weight is 486 g/mol. The summed E-state index contributed by atoms with van der Waals surface area (Å²) in [7, 11) is 0. The number of terminal acetylenes is 1. The second-order valence-electron chi connectivity index (χ2n) is 9.74. The lowest BCUT2D eigenvalue weighted by Crippen LogP contribution is -2.52. The first-order chi connectivity index (χ1) is 16.6. The van der Waals surface area contributed by atoms with Crippen molar-refractivity contribution in [2.24, 2.45) is 0 Å². The summed E-state index contributed by atoms with van der Waals surface area (Å²) in [5.74, 6) is 2.00. The maximum Gasteiger partial charge on any atom is 0.408 e. The van der Waals surface area contributed by atoms with E-state index in [1.807, 2.05) is 19.1 Å². The van der Waals surface area contributed by atoms with E-state index in [0.29, 0.717) is 24.2 Å². The third-order valence-electron chi connectivity index (χ3n) is 5.44. The van der Waals surface area contributed by atoms with Crippen LogP contribution in [0, 0.1) is 12.3 Å². The Morgan fingerprint density at radius 1 is 1.06 bits per heavy atom. The zero-order valence-electron chi connectivity index (χ0n) is 22.3. The summed E-state index contributed by atoms with van der Waals surface area (Å²) in [6.45, 7) is 11.9. The molecule has 7 heteroatoms. The van der Waals surface area contributed by atoms with E-state index in [1.54, 1.807) is 44.7 Å². The molecule has 2 atom stereocenters. The van der Waals surface area contributed by atoms with Crippen molar-refractivity contribution in [3.8, 4) is 12.3 Å². The molecule has 0 saturated carbocycles. The molecule has 2 unspecified atom stereocenters. The fourth-order valence-corrected chi connectivity index (χ4v) is 3.67. The molecule has 0 fully saturated rings. The highest BCUT2D eigenvalue weighted by Crippen LogP contribution is 2.26. The van der Waals surface area contributed by atoms with Crippen LogP contribution in [0.3, 0.4) is 0 Å². The number of amides is 3. The van der Waals surface area contributed by atoms with Crippen LogP contribution in [-0.4, -0.2) is 47.5 Å². The van der Waals surface area contributed by atoms with Crippen LogP contribution in [0.1, 0.15) is 97.2 Å². The van der Waals surface area contributed by atoms with Crippen molar-refractivity contribution in [3.05, 3.63) is 35.4 Å². The maximum atomic E-state index is 13.7. The Hall–Kier alpha value is -3.01. The van der Waals surface area contributed by atoms with Gasteiger partial charge in [-0.15, -0.1) is 6.42 Å². The van der Waals surface area contributed by atoms with Gasteiger partial charge >= 0.3 is 6.09 Å². The van der Waals surface area contributed by atoms with E-state index < -0.39 is 23.8 Å². The van der Waals surface area contributed by atoms with Crippen LogP contribution in [0.15, 0.2) is 24.3 Å². The highest BCUT2D eigenvalue weighted by molar-refractivity contribution is 5.92. The van der Waals surface area contributed by atoms with Gasteiger partial charge in [-0.05, 0) is 52.2 Å². The Kier molecular flexibility index (Phi) is 12.9. The van der Waals surface area contributed by atoms with Crippen molar-refractivity contribution in [3.63, 3.8) is 0 Å². The van der Waals surface area contributed by atoms with Gasteiger partial charge in [-0.1, -0.05) is 63.7 Å². The van der Waals surface area contributed by atoms with Crippen molar-refractivity contribution in [1.29, 1.82) is 0 Å². The van der Waals surface area contributed by atoms with Gasteiger partial charge in [0.2, 0.25) is 11.8 Å². The van der Waals surface area contributed by atoms with Gasteiger partial charge in [0.05, 0.1) is 0 Å². The number of unbranched alkanes of at least 4 members (excludes halogenated alkanes) is 4. The summed E-state index contributed by atoms with van der Waals surface area (Å²) in [5, 5.41) is 5.59. The molecule has 0 saturated heterocycles. The van der Waals surface area contributed by atoms with Gasteiger partial charge in [-0.3, -0.25) is 9.59 Å². The number of hydrogen-bond acceptors (Lipinski definition) is 4. The fraction of sp³-hybridized carbons (Fsp3) is 0.607. The number of carbonyl (C=O) groups is 3. The molecule has 7 nitrogen and oxygen atoms in total. The first-order valence-corrected chi connectivity index (χ1v) is 12.7. The van der Waals surface area contributed by atoms with Crippen LogP contribution in [0.5, 0.6) is 0 Å². The van der Waals surface area contributed by atoms with Gasteiger partial charge in [-0.25, -0.2) is 4.79 Å². The Bertz CT molecular complexity index is 870. The van der Waals surface area contributed by atoms with Crippen molar-refractivity contribution in [2.45, 2.75) is 97.8 Å². The van der Waals surface area contributed by atoms with Gasteiger partial charge in [0.25, 0.3) is 0 Å². The van der Waals surface area contributed by atoms with E-state index in [2.05, 4.69) is 23.5 Å². The molecule has 0 bridgehead atoms. The molecular formula is C28H43N3O4. The number of ether oxygens (including phenoxy) is 1. The number of benzene rings is 1. The first-order valence-electron chi connectivity index (χ1n) is 12.7. The molecule has 0 radical (unpaired) electrons. The molecule has 0 aliphatic heterocycles. The van der Waals surface area contributed by atoms with Gasteiger partial charge in [-0.2, -0.15) is 0 Å². The standard InChI is InChI=1S/C28H43N3O4/c1-8-11-13-16-20-31(26(33)21(4)30-27(34)35-28(5,6)7)24(25(32)29-19-12-9-2)23-18-15-14-17-22(23)10-3/h3,14-15,17-18,21,24H,8-9,11-13,16,19-20H2,1-2,4-7H3,(H,29,32)(H,30,34). The third-order valence-corrected chi connectivity index (χ3v) is 5.44. The zero-order valence-corrected chi connectivity index (χ0v) is 22.3. The minimum Gasteiger partial charge on any atom is -0.444 e. The lowest BCUT2D eigenvalue weighted by Gasteiger charge is -2.34. The molecule has 0 aromatic heterocycles. The van der Waals surface area contributed by atoms with Crippen molar-refractivity contribution in [2.75, 3.05) is 13.1 Å². The molecule has 0 heterocycles. The highest BCUT2D eigenvalue weighted by Gasteiger charge is 2.35. The molecule has 2 N–H and O–H groups in total. The van der Waals surface area contributed by atoms with Crippen LogP contribution >= 0.6 is 0 Å². The van der Waals surface area contributed by atoms with E-state index in [9.17, 15) is 14.4 Å². The molecular weight excluding hydrogens is 442 g/mol. The molecule has 3 amide bonds. The molecule has 1 rings (SSSR count). The smallest absolute Gasteiger partial charge is 0.408 e. The number of rotatable bonds is 13. The predicted molar refractivity (Wildman–Crippen MR) is 140 cm³/mol.